The molecule has 0 spiro atoms. The molecule has 0 radical (unpaired) electrons. The van der Waals surface area contributed by atoms with Gasteiger partial charge >= 0.3 is 0 Å². The zero-order chi connectivity index (χ0) is 16.3. The molecule has 22 heavy (non-hydrogen) atoms. The number of halogens is 2. The van der Waals surface area contributed by atoms with Gasteiger partial charge in [-0.3, -0.25) is 9.48 Å². The second kappa shape index (κ2) is 6.88. The van der Waals surface area contributed by atoms with Crippen molar-refractivity contribution in [2.75, 3.05) is 0 Å². The Balaban J connectivity index is 2.21. The summed E-state index contributed by atoms with van der Waals surface area (Å²) in [5, 5.41) is 4.91. The lowest BCUT2D eigenvalue weighted by Crippen LogP contribution is -2.06. The van der Waals surface area contributed by atoms with Gasteiger partial charge in [-0.1, -0.05) is 25.4 Å². The highest BCUT2D eigenvalue weighted by molar-refractivity contribution is 6.31. The number of benzene rings is 1. The third kappa shape index (κ3) is 3.83. The highest BCUT2D eigenvalue weighted by Gasteiger charge is 2.12. The molecule has 5 heteroatoms. The summed E-state index contributed by atoms with van der Waals surface area (Å²) in [4.78, 5) is 12.1. The van der Waals surface area contributed by atoms with Crippen molar-refractivity contribution in [2.45, 2.75) is 27.3 Å². The summed E-state index contributed by atoms with van der Waals surface area (Å²) < 4.78 is 14.6. The summed E-state index contributed by atoms with van der Waals surface area (Å²) in [7, 11) is 0. The molecule has 0 saturated heterocycles. The molecule has 1 aromatic carbocycles. The first kappa shape index (κ1) is 16.4. The molecule has 0 bridgehead atoms. The summed E-state index contributed by atoms with van der Waals surface area (Å²) in [5.41, 5.74) is 1.94. The second-order valence-corrected chi connectivity index (χ2v) is 5.93. The summed E-state index contributed by atoms with van der Waals surface area (Å²) >= 11 is 6.31. The molecular weight excluding hydrogens is 303 g/mol. The molecule has 0 atom stereocenters. The minimum absolute atomic E-state index is 0.202. The smallest absolute Gasteiger partial charge is 0.185 e. The first-order valence-corrected chi connectivity index (χ1v) is 7.47. The van der Waals surface area contributed by atoms with E-state index in [2.05, 4.69) is 18.9 Å². The lowest BCUT2D eigenvalue weighted by molar-refractivity contribution is 0.104. The predicted molar refractivity (Wildman–Crippen MR) is 86.6 cm³/mol. The fraction of sp³-hybridized carbons (Fsp3) is 0.294. The molecule has 0 fully saturated rings. The standard InChI is InChI=1S/C17H18ClFN2O/c1-11(2)10-21-17(18)15(12(3)20-21)8-9-16(22)13-4-6-14(19)7-5-13/h4-9,11H,10H2,1-3H3/b9-8+. The van der Waals surface area contributed by atoms with Crippen molar-refractivity contribution in [3.05, 3.63) is 58.1 Å². The van der Waals surface area contributed by atoms with Gasteiger partial charge in [-0.15, -0.1) is 0 Å². The predicted octanol–water partition coefficient (Wildman–Crippen LogP) is 4.54. The molecule has 0 saturated carbocycles. The van der Waals surface area contributed by atoms with Crippen LogP contribution >= 0.6 is 11.6 Å². The van der Waals surface area contributed by atoms with Crippen LogP contribution in [0.1, 0.15) is 35.5 Å². The largest absolute Gasteiger partial charge is 0.289 e. The summed E-state index contributed by atoms with van der Waals surface area (Å²) in [5.74, 6) is -0.143. The molecule has 1 heterocycles. The molecule has 3 nitrogen and oxygen atoms in total. The van der Waals surface area contributed by atoms with E-state index < -0.39 is 0 Å². The highest BCUT2D eigenvalue weighted by atomic mass is 35.5. The number of carbonyl (C=O) groups is 1. The van der Waals surface area contributed by atoms with E-state index in [0.29, 0.717) is 16.6 Å². The van der Waals surface area contributed by atoms with Crippen LogP contribution in [0.5, 0.6) is 0 Å². The van der Waals surface area contributed by atoms with Crippen molar-refractivity contribution >= 4 is 23.5 Å². The summed E-state index contributed by atoms with van der Waals surface area (Å²) in [6.45, 7) is 6.74. The second-order valence-electron chi connectivity index (χ2n) is 5.57. The summed E-state index contributed by atoms with van der Waals surface area (Å²) in [6.07, 6.45) is 3.09. The van der Waals surface area contributed by atoms with E-state index in [1.165, 1.54) is 30.3 Å². The van der Waals surface area contributed by atoms with Crippen LogP contribution in [0, 0.1) is 18.7 Å². The quantitative estimate of drug-likeness (QED) is 0.599. The maximum absolute atomic E-state index is 12.9. The Morgan fingerprint density at radius 1 is 1.36 bits per heavy atom. The van der Waals surface area contributed by atoms with Gasteiger partial charge < -0.3 is 0 Å². The Bertz CT molecular complexity index is 702. The van der Waals surface area contributed by atoms with Gasteiger partial charge in [-0.2, -0.15) is 5.10 Å². The van der Waals surface area contributed by atoms with E-state index in [1.54, 1.807) is 10.8 Å². The molecule has 0 N–H and O–H groups in total. The third-order valence-electron chi connectivity index (χ3n) is 3.18. The van der Waals surface area contributed by atoms with E-state index in [-0.39, 0.29) is 11.6 Å². The highest BCUT2D eigenvalue weighted by Crippen LogP contribution is 2.22. The molecule has 116 valence electrons. The average Bonchev–Trinajstić information content (AvgIpc) is 2.71. The van der Waals surface area contributed by atoms with Crippen LogP contribution < -0.4 is 0 Å². The first-order chi connectivity index (χ1) is 10.4. The van der Waals surface area contributed by atoms with Crippen LogP contribution in [0.2, 0.25) is 5.15 Å². The molecular formula is C17H18ClFN2O. The van der Waals surface area contributed by atoms with Crippen molar-refractivity contribution < 1.29 is 9.18 Å². The first-order valence-electron chi connectivity index (χ1n) is 7.09. The Morgan fingerprint density at radius 2 is 2.00 bits per heavy atom. The van der Waals surface area contributed by atoms with E-state index >= 15 is 0 Å². The van der Waals surface area contributed by atoms with Crippen molar-refractivity contribution in [3.63, 3.8) is 0 Å². The number of nitrogens with zero attached hydrogens (tertiary/aromatic N) is 2. The van der Waals surface area contributed by atoms with Gasteiger partial charge in [0.1, 0.15) is 11.0 Å². The van der Waals surface area contributed by atoms with E-state index in [0.717, 1.165) is 17.8 Å². The molecule has 0 amide bonds. The van der Waals surface area contributed by atoms with Crippen molar-refractivity contribution in [1.29, 1.82) is 0 Å². The molecule has 0 aliphatic carbocycles. The number of aryl methyl sites for hydroxylation is 1. The number of allylic oxidation sites excluding steroid dienone is 1. The SMILES string of the molecule is Cc1nn(CC(C)C)c(Cl)c1/C=C/C(=O)c1ccc(F)cc1. The lowest BCUT2D eigenvalue weighted by Gasteiger charge is -2.05. The van der Waals surface area contributed by atoms with E-state index in [1.807, 2.05) is 6.92 Å². The van der Waals surface area contributed by atoms with E-state index in [9.17, 15) is 9.18 Å². The Morgan fingerprint density at radius 3 is 2.59 bits per heavy atom. The molecule has 2 rings (SSSR count). The van der Waals surface area contributed by atoms with Crippen LogP contribution in [0.3, 0.4) is 0 Å². The number of hydrogen-bond donors (Lipinski definition) is 0. The maximum Gasteiger partial charge on any atom is 0.185 e. The minimum atomic E-state index is -0.366. The Labute approximate surface area is 134 Å². The fourth-order valence-corrected chi connectivity index (χ4v) is 2.40. The van der Waals surface area contributed by atoms with Crippen molar-refractivity contribution in [1.82, 2.24) is 9.78 Å². The molecule has 0 aliphatic rings. The molecule has 1 aromatic heterocycles. The zero-order valence-electron chi connectivity index (χ0n) is 12.8. The average molecular weight is 321 g/mol. The molecule has 2 aromatic rings. The minimum Gasteiger partial charge on any atom is -0.289 e. The number of ketones is 1. The number of hydrogen-bond acceptors (Lipinski definition) is 2. The summed E-state index contributed by atoms with van der Waals surface area (Å²) in [6, 6.07) is 5.44. The molecule has 0 aliphatic heterocycles. The van der Waals surface area contributed by atoms with Gasteiger partial charge in [0.05, 0.1) is 5.69 Å². The van der Waals surface area contributed by atoms with Crippen LogP contribution in [0.15, 0.2) is 30.3 Å². The van der Waals surface area contributed by atoms with Gasteiger partial charge in [-0.25, -0.2) is 4.39 Å². The normalized spacial score (nSPS) is 11.5. The van der Waals surface area contributed by atoms with Gasteiger partial charge in [0.15, 0.2) is 5.78 Å². The van der Waals surface area contributed by atoms with Gasteiger partial charge in [0.2, 0.25) is 0 Å². The van der Waals surface area contributed by atoms with Gasteiger partial charge in [-0.05, 0) is 49.3 Å². The Hall–Kier alpha value is -1.94. The van der Waals surface area contributed by atoms with Crippen LogP contribution in [-0.2, 0) is 6.54 Å². The third-order valence-corrected chi connectivity index (χ3v) is 3.58. The van der Waals surface area contributed by atoms with Crippen molar-refractivity contribution in [2.24, 2.45) is 5.92 Å². The maximum atomic E-state index is 12.9. The Kier molecular flexibility index (Phi) is 5.14. The van der Waals surface area contributed by atoms with Crippen LogP contribution in [0.25, 0.3) is 6.08 Å². The van der Waals surface area contributed by atoms with Gasteiger partial charge in [0, 0.05) is 17.7 Å². The van der Waals surface area contributed by atoms with Crippen LogP contribution in [-0.4, -0.2) is 15.6 Å². The number of aromatic nitrogens is 2. The van der Waals surface area contributed by atoms with Gasteiger partial charge in [0.25, 0.3) is 0 Å². The zero-order valence-corrected chi connectivity index (χ0v) is 13.6. The molecule has 0 unspecified atom stereocenters. The lowest BCUT2D eigenvalue weighted by atomic mass is 10.1. The topological polar surface area (TPSA) is 34.9 Å². The number of rotatable bonds is 5. The van der Waals surface area contributed by atoms with Crippen LogP contribution in [0.4, 0.5) is 4.39 Å². The van der Waals surface area contributed by atoms with Crippen molar-refractivity contribution in [3.8, 4) is 0 Å². The number of carbonyl (C=O) groups excluding carboxylic acids is 1. The monoisotopic (exact) mass is 320 g/mol. The fourth-order valence-electron chi connectivity index (χ4n) is 2.09. The van der Waals surface area contributed by atoms with E-state index in [4.69, 9.17) is 11.6 Å².